The molecule has 1 heterocycles. The summed E-state index contributed by atoms with van der Waals surface area (Å²) < 4.78 is 31.1. The average molecular weight is 565 g/mol. The van der Waals surface area contributed by atoms with E-state index in [-0.39, 0.29) is 53.5 Å². The molecule has 2 bridgehead atoms. The van der Waals surface area contributed by atoms with Crippen LogP contribution in [-0.2, 0) is 25.5 Å². The van der Waals surface area contributed by atoms with Gasteiger partial charge in [-0.2, -0.15) is 0 Å². The van der Waals surface area contributed by atoms with Gasteiger partial charge in [0.2, 0.25) is 0 Å². The number of aldehydes is 1. The number of fused-ring (bicyclic) bond motifs is 2. The van der Waals surface area contributed by atoms with Gasteiger partial charge in [-0.05, 0) is 51.0 Å². The van der Waals surface area contributed by atoms with E-state index in [1.165, 1.54) is 14.2 Å². The molecule has 1 aliphatic heterocycles. The maximum Gasteiger partial charge on any atom is 0.405 e. The normalized spacial score (nSPS) is 29.8. The summed E-state index contributed by atoms with van der Waals surface area (Å²) in [5, 5.41) is 24.7. The molecular formula is C29H41FN2O8. The van der Waals surface area contributed by atoms with E-state index in [1.807, 2.05) is 6.92 Å². The van der Waals surface area contributed by atoms with Crippen molar-refractivity contribution in [2.45, 2.75) is 71.7 Å². The van der Waals surface area contributed by atoms with Crippen LogP contribution in [0.4, 0.5) is 14.9 Å². The molecule has 11 heteroatoms. The Bertz CT molecular complexity index is 1140. The molecule has 0 fully saturated rings. The Morgan fingerprint density at radius 2 is 1.93 bits per heavy atom. The van der Waals surface area contributed by atoms with Crippen molar-refractivity contribution in [2.24, 2.45) is 23.5 Å². The van der Waals surface area contributed by atoms with Crippen molar-refractivity contribution in [3.05, 3.63) is 40.7 Å². The summed E-state index contributed by atoms with van der Waals surface area (Å²) in [6.07, 6.45) is 1.29. The molecule has 0 unspecified atom stereocenters. The average Bonchev–Trinajstić information content (AvgIpc) is 2.90. The molecule has 0 saturated heterocycles. The number of anilines is 1. The highest BCUT2D eigenvalue weighted by molar-refractivity contribution is 6.04. The molecule has 2 rings (SSSR count). The number of benzene rings is 1. The zero-order valence-electron chi connectivity index (χ0n) is 23.9. The van der Waals surface area contributed by atoms with Crippen molar-refractivity contribution in [1.82, 2.24) is 0 Å². The van der Waals surface area contributed by atoms with Gasteiger partial charge in [-0.3, -0.25) is 4.79 Å². The SMILES string of the molecule is COc1c(F)cc2c(O)c1C[C@@H](C)C[C@H](OC)[C@H](O)[C@@H](C)/C=C(\C)[C@H](OC(N)=O)[C@@H](C=O)CC/C=C(\C)C(=O)N2. The second kappa shape index (κ2) is 14.8. The number of nitrogens with two attached hydrogens (primary N) is 1. The fourth-order valence-electron chi connectivity index (χ4n) is 5.07. The fraction of sp³-hybridized carbons (Fsp3) is 0.552. The lowest BCUT2D eigenvalue weighted by molar-refractivity contribution is -0.114. The highest BCUT2D eigenvalue weighted by atomic mass is 19.1. The summed E-state index contributed by atoms with van der Waals surface area (Å²) in [4.78, 5) is 36.5. The van der Waals surface area contributed by atoms with Gasteiger partial charge < -0.3 is 40.3 Å². The summed E-state index contributed by atoms with van der Waals surface area (Å²) >= 11 is 0. The van der Waals surface area contributed by atoms with Crippen LogP contribution in [0.2, 0.25) is 0 Å². The van der Waals surface area contributed by atoms with Crippen molar-refractivity contribution >= 4 is 24.0 Å². The lowest BCUT2D eigenvalue weighted by atomic mass is 9.86. The van der Waals surface area contributed by atoms with Crippen molar-refractivity contribution in [3.8, 4) is 11.5 Å². The maximum atomic E-state index is 15.0. The van der Waals surface area contributed by atoms with Crippen LogP contribution in [-0.4, -0.2) is 61.0 Å². The molecule has 0 saturated carbocycles. The molecule has 2 amide bonds. The first kappa shape index (κ1) is 32.8. The predicted octanol–water partition coefficient (Wildman–Crippen LogP) is 4.02. The Balaban J connectivity index is 2.60. The molecule has 5 N–H and O–H groups in total. The van der Waals surface area contributed by atoms with E-state index in [0.717, 1.165) is 6.07 Å². The van der Waals surface area contributed by atoms with Crippen molar-refractivity contribution in [2.75, 3.05) is 19.5 Å². The molecule has 0 radical (unpaired) electrons. The number of halogens is 1. The number of carbonyl (C=O) groups is 3. The summed E-state index contributed by atoms with van der Waals surface area (Å²) in [5.74, 6) is -3.26. The maximum absolute atomic E-state index is 15.0. The Labute approximate surface area is 234 Å². The van der Waals surface area contributed by atoms with E-state index in [2.05, 4.69) is 5.32 Å². The summed E-state index contributed by atoms with van der Waals surface area (Å²) in [6.45, 7) is 6.85. The van der Waals surface area contributed by atoms with E-state index < -0.39 is 48.0 Å². The van der Waals surface area contributed by atoms with E-state index in [0.29, 0.717) is 18.3 Å². The number of nitrogens with one attached hydrogen (secondary N) is 1. The number of phenols is 1. The van der Waals surface area contributed by atoms with E-state index >= 15 is 0 Å². The van der Waals surface area contributed by atoms with Gasteiger partial charge in [0.15, 0.2) is 11.6 Å². The lowest BCUT2D eigenvalue weighted by Crippen LogP contribution is -2.36. The van der Waals surface area contributed by atoms with Crippen LogP contribution < -0.4 is 15.8 Å². The molecule has 0 aliphatic carbocycles. The molecule has 0 spiro atoms. The van der Waals surface area contributed by atoms with E-state index in [4.69, 9.17) is 19.9 Å². The molecule has 40 heavy (non-hydrogen) atoms. The van der Waals surface area contributed by atoms with Gasteiger partial charge in [0, 0.05) is 30.2 Å². The summed E-state index contributed by atoms with van der Waals surface area (Å²) in [5.41, 5.74) is 6.15. The Hall–Kier alpha value is -3.44. The first-order chi connectivity index (χ1) is 18.8. The number of aliphatic hydroxyl groups excluding tert-OH is 1. The number of aliphatic hydroxyl groups is 1. The number of hydrogen-bond acceptors (Lipinski definition) is 8. The predicted molar refractivity (Wildman–Crippen MR) is 147 cm³/mol. The minimum atomic E-state index is -1.05. The van der Waals surface area contributed by atoms with Crippen LogP contribution in [0.3, 0.4) is 0 Å². The molecule has 222 valence electrons. The van der Waals surface area contributed by atoms with Crippen molar-refractivity contribution in [1.29, 1.82) is 0 Å². The Morgan fingerprint density at radius 3 is 2.50 bits per heavy atom. The number of phenolic OH excluding ortho intramolecular Hbond substituents is 1. The molecule has 1 aromatic carbocycles. The van der Waals surface area contributed by atoms with Crippen LogP contribution >= 0.6 is 0 Å². The second-order valence-corrected chi connectivity index (χ2v) is 10.4. The molecule has 0 aromatic heterocycles. The van der Waals surface area contributed by atoms with Gasteiger partial charge in [-0.15, -0.1) is 0 Å². The molecule has 1 aliphatic rings. The van der Waals surface area contributed by atoms with Crippen LogP contribution in [0.1, 0.15) is 52.5 Å². The topological polar surface area (TPSA) is 157 Å². The minimum Gasteiger partial charge on any atom is -0.505 e. The third-order valence-corrected chi connectivity index (χ3v) is 7.26. The molecular weight excluding hydrogens is 523 g/mol. The zero-order chi connectivity index (χ0) is 30.1. The highest BCUT2D eigenvalue weighted by Gasteiger charge is 2.31. The lowest BCUT2D eigenvalue weighted by Gasteiger charge is -2.29. The number of ether oxygens (including phenoxy) is 3. The van der Waals surface area contributed by atoms with Gasteiger partial charge in [0.25, 0.3) is 5.91 Å². The smallest absolute Gasteiger partial charge is 0.405 e. The summed E-state index contributed by atoms with van der Waals surface area (Å²) in [6, 6.07) is 0.988. The van der Waals surface area contributed by atoms with E-state index in [1.54, 1.807) is 32.9 Å². The highest BCUT2D eigenvalue weighted by Crippen LogP contribution is 2.40. The van der Waals surface area contributed by atoms with Crippen LogP contribution in [0, 0.1) is 23.6 Å². The molecule has 10 nitrogen and oxygen atoms in total. The van der Waals surface area contributed by atoms with Gasteiger partial charge >= 0.3 is 6.09 Å². The number of rotatable bonds is 4. The molecule has 1 aromatic rings. The van der Waals surface area contributed by atoms with Crippen LogP contribution in [0.25, 0.3) is 0 Å². The first-order valence-corrected chi connectivity index (χ1v) is 13.2. The third kappa shape index (κ3) is 8.28. The number of primary amides is 1. The van der Waals surface area contributed by atoms with Crippen LogP contribution in [0.5, 0.6) is 11.5 Å². The van der Waals surface area contributed by atoms with Crippen molar-refractivity contribution < 1.29 is 43.2 Å². The standard InChI is InChI=1S/C29H41FN2O8/c1-15-10-20-25(35)22(13-21(30)27(20)39-6)32-28(36)16(2)8-7-9-19(14-33)26(40-29(31)37)18(4)12-17(3)24(34)23(11-15)38-5/h8,12-15,17,19,23-24,26,34-35H,7,9-11H2,1-6H3,(H2,31,37)(H,32,36)/b16-8+,18-12+/t15-,17+,19-,23+,24-,26+/m1/s1. The van der Waals surface area contributed by atoms with Crippen LogP contribution in [0.15, 0.2) is 29.4 Å². The number of aromatic hydroxyl groups is 1. The van der Waals surface area contributed by atoms with Gasteiger partial charge in [-0.25, -0.2) is 9.18 Å². The second-order valence-electron chi connectivity index (χ2n) is 10.4. The number of carbonyl (C=O) groups excluding carboxylic acids is 3. The van der Waals surface area contributed by atoms with Crippen molar-refractivity contribution in [3.63, 3.8) is 0 Å². The van der Waals surface area contributed by atoms with Gasteiger partial charge in [0.1, 0.15) is 18.1 Å². The third-order valence-electron chi connectivity index (χ3n) is 7.26. The zero-order valence-corrected chi connectivity index (χ0v) is 23.9. The Morgan fingerprint density at radius 1 is 1.25 bits per heavy atom. The van der Waals surface area contributed by atoms with Gasteiger partial charge in [0.05, 0.1) is 30.9 Å². The summed E-state index contributed by atoms with van der Waals surface area (Å²) in [7, 11) is 2.75. The number of hydrogen-bond donors (Lipinski definition) is 4. The van der Waals surface area contributed by atoms with Gasteiger partial charge in [-0.1, -0.05) is 26.0 Å². The fourth-order valence-corrected chi connectivity index (χ4v) is 5.07. The Kier molecular flexibility index (Phi) is 12.1. The minimum absolute atomic E-state index is 0.117. The van der Waals surface area contributed by atoms with E-state index in [9.17, 15) is 29.0 Å². The number of amides is 2. The largest absolute Gasteiger partial charge is 0.505 e. The first-order valence-electron chi connectivity index (χ1n) is 13.2. The number of methoxy groups -OCH3 is 2. The monoisotopic (exact) mass is 564 g/mol. The molecule has 6 atom stereocenters. The quantitative estimate of drug-likeness (QED) is 0.243. The number of allylic oxidation sites excluding steroid dienone is 1.